The van der Waals surface area contributed by atoms with Crippen molar-refractivity contribution < 1.29 is 14.6 Å². The van der Waals surface area contributed by atoms with Crippen molar-refractivity contribution in [3.63, 3.8) is 0 Å². The molecule has 0 bridgehead atoms. The third kappa shape index (κ3) is 4.17. The summed E-state index contributed by atoms with van der Waals surface area (Å²) >= 11 is 0. The Morgan fingerprint density at radius 2 is 2.00 bits per heavy atom. The number of methoxy groups -OCH3 is 1. The van der Waals surface area contributed by atoms with Crippen LogP contribution in [0.25, 0.3) is 0 Å². The van der Waals surface area contributed by atoms with Gasteiger partial charge in [-0.2, -0.15) is 0 Å². The summed E-state index contributed by atoms with van der Waals surface area (Å²) in [6.07, 6.45) is 0.902. The van der Waals surface area contributed by atoms with E-state index in [0.29, 0.717) is 19.6 Å². The molecule has 0 saturated carbocycles. The lowest BCUT2D eigenvalue weighted by molar-refractivity contribution is -0.143. The van der Waals surface area contributed by atoms with Crippen molar-refractivity contribution in [1.29, 1.82) is 0 Å². The Morgan fingerprint density at radius 1 is 1.40 bits per heavy atom. The second-order valence-electron chi connectivity index (χ2n) is 7.15. The summed E-state index contributed by atoms with van der Waals surface area (Å²) in [6.45, 7) is 9.03. The van der Waals surface area contributed by atoms with Gasteiger partial charge in [0.1, 0.15) is 0 Å². The Bertz CT molecular complexity index is 342. The monoisotopic (exact) mass is 286 g/mol. The van der Waals surface area contributed by atoms with Crippen LogP contribution in [-0.4, -0.2) is 60.9 Å². The summed E-state index contributed by atoms with van der Waals surface area (Å²) in [5.74, 6) is 0.0967. The van der Waals surface area contributed by atoms with E-state index in [-0.39, 0.29) is 17.5 Å². The van der Waals surface area contributed by atoms with Crippen LogP contribution >= 0.6 is 0 Å². The van der Waals surface area contributed by atoms with E-state index in [2.05, 4.69) is 19.2 Å². The summed E-state index contributed by atoms with van der Waals surface area (Å²) in [5, 5.41) is 13.1. The Morgan fingerprint density at radius 3 is 2.50 bits per heavy atom. The van der Waals surface area contributed by atoms with Gasteiger partial charge in [-0.05, 0) is 33.7 Å². The van der Waals surface area contributed by atoms with E-state index in [9.17, 15) is 9.90 Å². The van der Waals surface area contributed by atoms with E-state index in [0.717, 1.165) is 6.42 Å². The van der Waals surface area contributed by atoms with E-state index in [1.54, 1.807) is 12.0 Å². The number of likely N-dealkylation sites (tertiary alicyclic amines) is 1. The highest BCUT2D eigenvalue weighted by Gasteiger charge is 2.42. The molecule has 2 atom stereocenters. The molecular weight excluding hydrogens is 256 g/mol. The minimum absolute atomic E-state index is 0.0144. The average molecular weight is 286 g/mol. The Balaban J connectivity index is 2.81. The van der Waals surface area contributed by atoms with Gasteiger partial charge in [0.05, 0.1) is 18.8 Å². The summed E-state index contributed by atoms with van der Waals surface area (Å²) < 4.78 is 5.17. The Kier molecular flexibility index (Phi) is 5.58. The lowest BCUT2D eigenvalue weighted by atomic mass is 9.79. The number of amides is 1. The minimum atomic E-state index is -0.470. The van der Waals surface area contributed by atoms with Crippen molar-refractivity contribution in [2.45, 2.75) is 58.2 Å². The van der Waals surface area contributed by atoms with Crippen molar-refractivity contribution in [1.82, 2.24) is 10.2 Å². The van der Waals surface area contributed by atoms with Crippen molar-refractivity contribution in [3.8, 4) is 0 Å². The van der Waals surface area contributed by atoms with Gasteiger partial charge in [-0.1, -0.05) is 13.8 Å². The molecule has 1 heterocycles. The molecule has 1 rings (SSSR count). The lowest BCUT2D eigenvalue weighted by Gasteiger charge is -2.38. The molecule has 5 nitrogen and oxygen atoms in total. The number of carbonyl (C=O) groups is 1. The summed E-state index contributed by atoms with van der Waals surface area (Å²) in [6, 6.07) is -0.0144. The van der Waals surface area contributed by atoms with Gasteiger partial charge >= 0.3 is 0 Å². The van der Waals surface area contributed by atoms with Gasteiger partial charge in [0.25, 0.3) is 0 Å². The van der Waals surface area contributed by atoms with Crippen molar-refractivity contribution in [2.75, 3.05) is 27.3 Å². The Labute approximate surface area is 122 Å². The predicted molar refractivity (Wildman–Crippen MR) is 79.5 cm³/mol. The maximum atomic E-state index is 12.8. The van der Waals surface area contributed by atoms with Gasteiger partial charge in [0.2, 0.25) is 5.91 Å². The van der Waals surface area contributed by atoms with Gasteiger partial charge in [0.15, 0.2) is 0 Å². The molecule has 0 aromatic carbocycles. The molecule has 0 radical (unpaired) electrons. The molecule has 0 aromatic rings. The van der Waals surface area contributed by atoms with Crippen LogP contribution in [0, 0.1) is 5.41 Å². The molecule has 20 heavy (non-hydrogen) atoms. The van der Waals surface area contributed by atoms with Crippen LogP contribution < -0.4 is 5.32 Å². The van der Waals surface area contributed by atoms with Gasteiger partial charge < -0.3 is 20.1 Å². The first kappa shape index (κ1) is 17.4. The molecule has 1 fully saturated rings. The molecule has 1 aliphatic rings. The van der Waals surface area contributed by atoms with Gasteiger partial charge in [0, 0.05) is 24.6 Å². The number of nitrogens with zero attached hydrogens (tertiary/aromatic N) is 1. The maximum Gasteiger partial charge on any atom is 0.228 e. The third-order valence-corrected chi connectivity index (χ3v) is 4.15. The molecule has 2 N–H and O–H groups in total. The molecule has 0 spiro atoms. The first-order valence-electron chi connectivity index (χ1n) is 7.30. The number of hydrogen-bond donors (Lipinski definition) is 2. The quantitative estimate of drug-likeness (QED) is 0.765. The van der Waals surface area contributed by atoms with Gasteiger partial charge in [-0.15, -0.1) is 0 Å². The molecule has 0 aromatic heterocycles. The van der Waals surface area contributed by atoms with Crippen molar-refractivity contribution in [3.05, 3.63) is 0 Å². The second kappa shape index (κ2) is 6.41. The van der Waals surface area contributed by atoms with E-state index >= 15 is 0 Å². The molecule has 1 aliphatic heterocycles. The fourth-order valence-electron chi connectivity index (χ4n) is 3.15. The normalized spacial score (nSPS) is 24.2. The molecule has 118 valence electrons. The molecule has 0 unspecified atom stereocenters. The molecule has 0 aliphatic carbocycles. The summed E-state index contributed by atoms with van der Waals surface area (Å²) in [4.78, 5) is 14.6. The van der Waals surface area contributed by atoms with E-state index in [1.165, 1.54) is 0 Å². The molecule has 1 amide bonds. The number of ether oxygens (including phenoxy) is 1. The Hall–Kier alpha value is -0.650. The molecule has 1 saturated heterocycles. The lowest BCUT2D eigenvalue weighted by Crippen LogP contribution is -2.50. The van der Waals surface area contributed by atoms with E-state index < -0.39 is 11.5 Å². The summed E-state index contributed by atoms with van der Waals surface area (Å²) in [5.41, 5.74) is -0.573. The number of nitrogens with one attached hydrogen (secondary N) is 1. The zero-order valence-electron chi connectivity index (χ0n) is 13.7. The van der Waals surface area contributed by atoms with Crippen LogP contribution in [-0.2, 0) is 9.53 Å². The highest BCUT2D eigenvalue weighted by molar-refractivity contribution is 5.82. The van der Waals surface area contributed by atoms with Crippen molar-refractivity contribution >= 4 is 5.91 Å². The van der Waals surface area contributed by atoms with Gasteiger partial charge in [-0.25, -0.2) is 0 Å². The first-order chi connectivity index (χ1) is 9.13. The van der Waals surface area contributed by atoms with E-state index in [1.807, 2.05) is 20.9 Å². The number of aliphatic hydroxyl groups is 1. The fourth-order valence-corrected chi connectivity index (χ4v) is 3.15. The largest absolute Gasteiger partial charge is 0.391 e. The predicted octanol–water partition coefficient (Wildman–Crippen LogP) is 1.01. The van der Waals surface area contributed by atoms with Crippen LogP contribution in [0.2, 0.25) is 0 Å². The number of β-amino-alcohol motifs (C(OH)–C–C–N with tert-alkyl or cyclic N) is 1. The van der Waals surface area contributed by atoms with Crippen LogP contribution in [0.5, 0.6) is 0 Å². The number of rotatable bonds is 6. The summed E-state index contributed by atoms with van der Waals surface area (Å²) in [7, 11) is 3.54. The third-order valence-electron chi connectivity index (χ3n) is 4.15. The first-order valence-corrected chi connectivity index (χ1v) is 7.30. The minimum Gasteiger partial charge on any atom is -0.391 e. The zero-order chi connectivity index (χ0) is 15.6. The van der Waals surface area contributed by atoms with E-state index in [4.69, 9.17) is 4.74 Å². The molecular formula is C15H30N2O3. The average Bonchev–Trinajstić information content (AvgIpc) is 2.68. The zero-order valence-corrected chi connectivity index (χ0v) is 13.7. The highest BCUT2D eigenvalue weighted by atomic mass is 16.5. The van der Waals surface area contributed by atoms with Crippen LogP contribution in [0.15, 0.2) is 0 Å². The highest BCUT2D eigenvalue weighted by Crippen LogP contribution is 2.32. The van der Waals surface area contributed by atoms with Crippen LogP contribution in [0.1, 0.15) is 40.5 Å². The van der Waals surface area contributed by atoms with Gasteiger partial charge in [-0.3, -0.25) is 4.79 Å². The van der Waals surface area contributed by atoms with Crippen molar-refractivity contribution in [2.24, 2.45) is 5.41 Å². The SMILES string of the molecule is CNC(C)(C)CC(C)(C)C(=O)N1C[C@@H](O)C[C@@H]1COC. The van der Waals surface area contributed by atoms with Crippen LogP contribution in [0.3, 0.4) is 0 Å². The topological polar surface area (TPSA) is 61.8 Å². The fraction of sp³-hybridized carbons (Fsp3) is 0.933. The number of aliphatic hydroxyl groups excluding tert-OH is 1. The second-order valence-corrected chi connectivity index (χ2v) is 7.15. The maximum absolute atomic E-state index is 12.8. The number of carbonyl (C=O) groups excluding carboxylic acids is 1. The standard InChI is InChI=1S/C15H30N2O3/c1-14(2,10-15(3,4)16-5)13(19)17-8-12(18)7-11(17)9-20-6/h11-12,16,18H,7-10H2,1-6H3/t11-,12+/m1/s1. The molecule has 5 heteroatoms. The number of hydrogen-bond acceptors (Lipinski definition) is 4. The van der Waals surface area contributed by atoms with Crippen LogP contribution in [0.4, 0.5) is 0 Å². The smallest absolute Gasteiger partial charge is 0.228 e.